The summed E-state index contributed by atoms with van der Waals surface area (Å²) < 4.78 is 3.31. The Morgan fingerprint density at radius 1 is 1.00 bits per heavy atom. The summed E-state index contributed by atoms with van der Waals surface area (Å²) in [5.74, 6) is 0. The van der Waals surface area contributed by atoms with Crippen molar-refractivity contribution in [1.29, 1.82) is 0 Å². The second-order valence-electron chi connectivity index (χ2n) is 5.48. The van der Waals surface area contributed by atoms with Crippen LogP contribution in [0.15, 0.2) is 48.8 Å². The van der Waals surface area contributed by atoms with E-state index in [4.69, 9.17) is 4.98 Å². The van der Waals surface area contributed by atoms with Gasteiger partial charge in [-0.15, -0.1) is 0 Å². The predicted octanol–water partition coefficient (Wildman–Crippen LogP) is 4.21. The molecule has 0 N–H and O–H groups in total. The normalized spacial score (nSPS) is 15.0. The molecule has 4 rings (SSSR count). The van der Waals surface area contributed by atoms with Gasteiger partial charge in [0.2, 0.25) is 0 Å². The number of hydrogen-bond acceptors (Lipinski definition) is 2. The summed E-state index contributed by atoms with van der Waals surface area (Å²) in [7, 11) is 0. The molecule has 1 fully saturated rings. The Labute approximate surface area is 137 Å². The van der Waals surface area contributed by atoms with E-state index < -0.39 is 0 Å². The van der Waals surface area contributed by atoms with Gasteiger partial charge in [-0.2, -0.15) is 0 Å². The molecular formula is C17H16IN3. The molecule has 0 amide bonds. The molecule has 0 atom stereocenters. The molecule has 3 nitrogen and oxygen atoms in total. The van der Waals surface area contributed by atoms with Crippen molar-refractivity contribution in [3.05, 3.63) is 52.4 Å². The molecule has 0 bridgehead atoms. The van der Waals surface area contributed by atoms with E-state index >= 15 is 0 Å². The Morgan fingerprint density at radius 2 is 1.86 bits per heavy atom. The number of benzene rings is 1. The van der Waals surface area contributed by atoms with E-state index in [0.29, 0.717) is 0 Å². The predicted molar refractivity (Wildman–Crippen MR) is 94.8 cm³/mol. The average Bonchev–Trinajstić information content (AvgIpc) is 3.16. The lowest BCUT2D eigenvalue weighted by Crippen LogP contribution is -2.17. The summed E-state index contributed by atoms with van der Waals surface area (Å²) in [4.78, 5) is 7.19. The Morgan fingerprint density at radius 3 is 2.71 bits per heavy atom. The van der Waals surface area contributed by atoms with E-state index in [1.54, 1.807) is 0 Å². The molecule has 0 radical (unpaired) electrons. The summed E-state index contributed by atoms with van der Waals surface area (Å²) in [6.45, 7) is 2.35. The SMILES string of the molecule is Ic1ccc2nc(-c3cccc(N4CCCC4)c3)cn2c1. The lowest BCUT2D eigenvalue weighted by molar-refractivity contribution is 0.949. The number of anilines is 1. The van der Waals surface area contributed by atoms with Gasteiger partial charge in [-0.1, -0.05) is 12.1 Å². The quantitative estimate of drug-likeness (QED) is 0.613. The highest BCUT2D eigenvalue weighted by molar-refractivity contribution is 14.1. The minimum Gasteiger partial charge on any atom is -0.372 e. The fourth-order valence-electron chi connectivity index (χ4n) is 2.94. The van der Waals surface area contributed by atoms with Crippen molar-refractivity contribution in [3.63, 3.8) is 0 Å². The van der Waals surface area contributed by atoms with Crippen LogP contribution in [0.4, 0.5) is 5.69 Å². The Hall–Kier alpha value is -1.56. The number of halogens is 1. The van der Waals surface area contributed by atoms with Gasteiger partial charge in [0.05, 0.1) is 5.69 Å². The first-order valence-corrected chi connectivity index (χ1v) is 8.37. The molecule has 1 aromatic carbocycles. The van der Waals surface area contributed by atoms with E-state index in [0.717, 1.165) is 11.3 Å². The van der Waals surface area contributed by atoms with Gasteiger partial charge in [-0.05, 0) is 59.7 Å². The number of pyridine rings is 1. The number of hydrogen-bond donors (Lipinski definition) is 0. The largest absolute Gasteiger partial charge is 0.372 e. The summed E-state index contributed by atoms with van der Waals surface area (Å²) in [5, 5.41) is 0. The van der Waals surface area contributed by atoms with Crippen LogP contribution in [-0.4, -0.2) is 22.5 Å². The lowest BCUT2D eigenvalue weighted by Gasteiger charge is -2.17. The van der Waals surface area contributed by atoms with Crippen LogP contribution in [0.25, 0.3) is 16.9 Å². The van der Waals surface area contributed by atoms with Crippen LogP contribution < -0.4 is 4.90 Å². The summed E-state index contributed by atoms with van der Waals surface area (Å²) in [6, 6.07) is 12.9. The summed E-state index contributed by atoms with van der Waals surface area (Å²) in [6.07, 6.45) is 6.82. The van der Waals surface area contributed by atoms with E-state index in [1.165, 1.54) is 40.8 Å². The minimum atomic E-state index is 0.997. The van der Waals surface area contributed by atoms with Crippen molar-refractivity contribution >= 4 is 33.9 Å². The lowest BCUT2D eigenvalue weighted by atomic mass is 10.1. The second-order valence-corrected chi connectivity index (χ2v) is 6.73. The van der Waals surface area contributed by atoms with Crippen LogP contribution in [0.5, 0.6) is 0 Å². The van der Waals surface area contributed by atoms with Crippen LogP contribution in [0.2, 0.25) is 0 Å². The highest BCUT2D eigenvalue weighted by Gasteiger charge is 2.13. The number of fused-ring (bicyclic) bond motifs is 1. The van der Waals surface area contributed by atoms with Gasteiger partial charge in [0.15, 0.2) is 0 Å². The molecule has 1 aliphatic rings. The molecule has 0 saturated carbocycles. The van der Waals surface area contributed by atoms with E-state index in [-0.39, 0.29) is 0 Å². The van der Waals surface area contributed by atoms with Crippen molar-refractivity contribution < 1.29 is 0 Å². The number of rotatable bonds is 2. The van der Waals surface area contributed by atoms with Crippen LogP contribution in [0.3, 0.4) is 0 Å². The number of aromatic nitrogens is 2. The minimum absolute atomic E-state index is 0.997. The first kappa shape index (κ1) is 13.1. The molecule has 0 spiro atoms. The van der Waals surface area contributed by atoms with Crippen molar-refractivity contribution in [2.45, 2.75) is 12.8 Å². The molecule has 3 heterocycles. The van der Waals surface area contributed by atoms with Gasteiger partial charge >= 0.3 is 0 Å². The van der Waals surface area contributed by atoms with Crippen LogP contribution >= 0.6 is 22.6 Å². The fourth-order valence-corrected chi connectivity index (χ4v) is 3.42. The van der Waals surface area contributed by atoms with Crippen LogP contribution in [-0.2, 0) is 0 Å². The molecule has 0 unspecified atom stereocenters. The third-order valence-electron chi connectivity index (χ3n) is 4.03. The van der Waals surface area contributed by atoms with Crippen LogP contribution in [0, 0.1) is 3.57 Å². The molecule has 1 saturated heterocycles. The van der Waals surface area contributed by atoms with Gasteiger partial charge in [-0.3, -0.25) is 0 Å². The topological polar surface area (TPSA) is 20.5 Å². The van der Waals surface area contributed by atoms with Crippen molar-refractivity contribution in [3.8, 4) is 11.3 Å². The van der Waals surface area contributed by atoms with Gasteiger partial charge in [0.25, 0.3) is 0 Å². The molecule has 106 valence electrons. The van der Waals surface area contributed by atoms with E-state index in [2.05, 4.69) is 80.7 Å². The summed E-state index contributed by atoms with van der Waals surface area (Å²) >= 11 is 2.33. The molecular weight excluding hydrogens is 373 g/mol. The van der Waals surface area contributed by atoms with Gasteiger partial charge in [-0.25, -0.2) is 4.98 Å². The monoisotopic (exact) mass is 389 g/mol. The molecule has 21 heavy (non-hydrogen) atoms. The second kappa shape index (κ2) is 5.33. The Bertz CT molecular complexity index is 788. The fraction of sp³-hybridized carbons (Fsp3) is 0.235. The molecule has 0 aliphatic carbocycles. The first-order chi connectivity index (χ1) is 10.3. The maximum atomic E-state index is 4.73. The number of imidazole rings is 1. The highest BCUT2D eigenvalue weighted by atomic mass is 127. The zero-order valence-corrected chi connectivity index (χ0v) is 13.8. The standard InChI is InChI=1S/C17H16IN3/c18-14-6-7-17-19-16(12-21(17)11-14)13-4-3-5-15(10-13)20-8-1-2-9-20/h3-7,10-12H,1-2,8-9H2. The zero-order valence-electron chi connectivity index (χ0n) is 11.7. The smallest absolute Gasteiger partial charge is 0.137 e. The van der Waals surface area contributed by atoms with Crippen molar-refractivity contribution in [1.82, 2.24) is 9.38 Å². The van der Waals surface area contributed by atoms with Gasteiger partial charge in [0.1, 0.15) is 5.65 Å². The Kier molecular flexibility index (Phi) is 3.33. The molecule has 1 aliphatic heterocycles. The van der Waals surface area contributed by atoms with E-state index in [9.17, 15) is 0 Å². The zero-order chi connectivity index (χ0) is 14.2. The maximum absolute atomic E-state index is 4.73. The molecule has 2 aromatic heterocycles. The Balaban J connectivity index is 1.75. The highest BCUT2D eigenvalue weighted by Crippen LogP contribution is 2.26. The molecule has 4 heteroatoms. The van der Waals surface area contributed by atoms with Gasteiger partial charge in [0, 0.05) is 40.3 Å². The number of nitrogens with zero attached hydrogens (tertiary/aromatic N) is 3. The third kappa shape index (κ3) is 2.52. The maximum Gasteiger partial charge on any atom is 0.137 e. The molecule has 3 aromatic rings. The first-order valence-electron chi connectivity index (χ1n) is 7.29. The summed E-state index contributed by atoms with van der Waals surface area (Å²) in [5.41, 5.74) is 4.55. The average molecular weight is 389 g/mol. The third-order valence-corrected chi connectivity index (χ3v) is 4.67. The van der Waals surface area contributed by atoms with Gasteiger partial charge < -0.3 is 9.30 Å². The van der Waals surface area contributed by atoms with Crippen LogP contribution in [0.1, 0.15) is 12.8 Å². The van der Waals surface area contributed by atoms with Crippen molar-refractivity contribution in [2.24, 2.45) is 0 Å². The van der Waals surface area contributed by atoms with E-state index in [1.807, 2.05) is 0 Å². The van der Waals surface area contributed by atoms with Crippen molar-refractivity contribution in [2.75, 3.05) is 18.0 Å².